The van der Waals surface area contributed by atoms with Crippen LogP contribution in [0.2, 0.25) is 0 Å². The maximum Gasteiger partial charge on any atom is 0.0615 e. The number of nitrogens with zero attached hydrogens (tertiary/aromatic N) is 1. The number of rotatable bonds is 9. The minimum Gasteiger partial charge on any atom is -0.383 e. The number of hydrogen-bond donors (Lipinski definition) is 1. The van der Waals surface area contributed by atoms with E-state index in [0.717, 1.165) is 25.6 Å². The Hall–Kier alpha value is -0.120. The fraction of sp³-hybridized carbons (Fsp3) is 1.00. The first-order valence-electron chi connectivity index (χ1n) is 6.61. The summed E-state index contributed by atoms with van der Waals surface area (Å²) in [5.74, 6) is 0.920. The fourth-order valence-electron chi connectivity index (χ4n) is 2.07. The number of likely N-dealkylation sites (N-methyl/N-ethyl adjacent to an activating group) is 1. The van der Waals surface area contributed by atoms with Crippen molar-refractivity contribution in [3.63, 3.8) is 0 Å². The number of methoxy groups -OCH3 is 1. The fourth-order valence-corrected chi connectivity index (χ4v) is 2.07. The lowest BCUT2D eigenvalue weighted by Gasteiger charge is -2.29. The van der Waals surface area contributed by atoms with Crippen LogP contribution in [-0.4, -0.2) is 50.8 Å². The van der Waals surface area contributed by atoms with Gasteiger partial charge < -0.3 is 10.1 Å². The zero-order chi connectivity index (χ0) is 12.0. The average molecular weight is 228 g/mol. The quantitative estimate of drug-likeness (QED) is 0.650. The lowest BCUT2D eigenvalue weighted by molar-refractivity contribution is 0.107. The van der Waals surface area contributed by atoms with E-state index >= 15 is 0 Å². The normalized spacial score (nSPS) is 20.1. The molecule has 0 spiro atoms. The third kappa shape index (κ3) is 4.81. The summed E-state index contributed by atoms with van der Waals surface area (Å²) in [6.07, 6.45) is 4.04. The molecule has 1 rings (SSSR count). The smallest absolute Gasteiger partial charge is 0.0615 e. The number of nitrogens with one attached hydrogen (secondary N) is 1. The van der Waals surface area contributed by atoms with Crippen LogP contribution in [0.25, 0.3) is 0 Å². The minimum atomic E-state index is 0.509. The van der Waals surface area contributed by atoms with Gasteiger partial charge in [-0.2, -0.15) is 0 Å². The van der Waals surface area contributed by atoms with Crippen LogP contribution >= 0.6 is 0 Å². The third-order valence-corrected chi connectivity index (χ3v) is 3.49. The summed E-state index contributed by atoms with van der Waals surface area (Å²) in [5, 5.41) is 3.68. The molecule has 16 heavy (non-hydrogen) atoms. The van der Waals surface area contributed by atoms with Gasteiger partial charge in [0.05, 0.1) is 6.61 Å². The maximum atomic E-state index is 5.20. The molecular formula is C13H28N2O. The summed E-state index contributed by atoms with van der Waals surface area (Å²) in [7, 11) is 3.98. The van der Waals surface area contributed by atoms with Crippen LogP contribution in [0.1, 0.15) is 33.1 Å². The SMILES string of the molecule is CCCNC(CN(C)C(C)COC)C1CC1. The zero-order valence-electron chi connectivity index (χ0n) is 11.3. The topological polar surface area (TPSA) is 24.5 Å². The van der Waals surface area contributed by atoms with Crippen molar-refractivity contribution < 1.29 is 4.74 Å². The molecule has 0 aromatic heterocycles. The second kappa shape index (κ2) is 7.25. The van der Waals surface area contributed by atoms with Crippen molar-refractivity contribution in [3.8, 4) is 0 Å². The van der Waals surface area contributed by atoms with Crippen LogP contribution in [0, 0.1) is 5.92 Å². The molecule has 1 fully saturated rings. The summed E-state index contributed by atoms with van der Waals surface area (Å²) < 4.78 is 5.20. The van der Waals surface area contributed by atoms with E-state index < -0.39 is 0 Å². The second-order valence-corrected chi connectivity index (χ2v) is 5.14. The van der Waals surface area contributed by atoms with Gasteiger partial charge in [-0.05, 0) is 45.7 Å². The summed E-state index contributed by atoms with van der Waals surface area (Å²) in [6, 6.07) is 1.19. The van der Waals surface area contributed by atoms with Crippen molar-refractivity contribution >= 4 is 0 Å². The van der Waals surface area contributed by atoms with Crippen LogP contribution in [0.5, 0.6) is 0 Å². The van der Waals surface area contributed by atoms with Gasteiger partial charge in [-0.15, -0.1) is 0 Å². The van der Waals surface area contributed by atoms with E-state index in [2.05, 4.69) is 31.1 Å². The van der Waals surface area contributed by atoms with E-state index in [4.69, 9.17) is 4.74 Å². The highest BCUT2D eigenvalue weighted by molar-refractivity contribution is 4.88. The molecule has 0 aromatic carbocycles. The van der Waals surface area contributed by atoms with Crippen LogP contribution in [0.4, 0.5) is 0 Å². The van der Waals surface area contributed by atoms with Crippen LogP contribution < -0.4 is 5.32 Å². The van der Waals surface area contributed by atoms with Gasteiger partial charge in [0.1, 0.15) is 0 Å². The highest BCUT2D eigenvalue weighted by atomic mass is 16.5. The molecule has 1 aliphatic carbocycles. The lowest BCUT2D eigenvalue weighted by Crippen LogP contribution is -2.45. The van der Waals surface area contributed by atoms with Crippen LogP contribution in [0.15, 0.2) is 0 Å². The van der Waals surface area contributed by atoms with E-state index in [9.17, 15) is 0 Å². The van der Waals surface area contributed by atoms with Crippen LogP contribution in [0.3, 0.4) is 0 Å². The predicted octanol–water partition coefficient (Wildman–Crippen LogP) is 1.73. The molecule has 2 unspecified atom stereocenters. The molecule has 0 aromatic rings. The molecule has 1 N–H and O–H groups in total. The average Bonchev–Trinajstić information content (AvgIpc) is 3.08. The molecule has 0 amide bonds. The molecule has 0 saturated heterocycles. The Morgan fingerprint density at radius 3 is 2.62 bits per heavy atom. The molecule has 0 aliphatic heterocycles. The lowest BCUT2D eigenvalue weighted by atomic mass is 10.1. The Balaban J connectivity index is 2.29. The van der Waals surface area contributed by atoms with E-state index in [1.54, 1.807) is 7.11 Å². The van der Waals surface area contributed by atoms with E-state index in [1.807, 2.05) is 0 Å². The molecule has 1 saturated carbocycles. The van der Waals surface area contributed by atoms with Gasteiger partial charge in [0.2, 0.25) is 0 Å². The zero-order valence-corrected chi connectivity index (χ0v) is 11.3. The van der Waals surface area contributed by atoms with Crippen molar-refractivity contribution in [1.82, 2.24) is 10.2 Å². The molecule has 0 radical (unpaired) electrons. The summed E-state index contributed by atoms with van der Waals surface area (Å²) in [6.45, 7) is 7.58. The Morgan fingerprint density at radius 1 is 1.44 bits per heavy atom. The first kappa shape index (κ1) is 13.9. The molecule has 0 bridgehead atoms. The number of ether oxygens (including phenoxy) is 1. The Labute approximate surface area is 101 Å². The van der Waals surface area contributed by atoms with Gasteiger partial charge >= 0.3 is 0 Å². The van der Waals surface area contributed by atoms with Gasteiger partial charge in [0, 0.05) is 25.7 Å². The van der Waals surface area contributed by atoms with Gasteiger partial charge in [0.25, 0.3) is 0 Å². The summed E-state index contributed by atoms with van der Waals surface area (Å²) >= 11 is 0. The third-order valence-electron chi connectivity index (χ3n) is 3.49. The summed E-state index contributed by atoms with van der Waals surface area (Å²) in [5.41, 5.74) is 0. The first-order chi connectivity index (χ1) is 7.69. The monoisotopic (exact) mass is 228 g/mol. The van der Waals surface area contributed by atoms with Gasteiger partial charge in [-0.3, -0.25) is 4.90 Å². The highest BCUT2D eigenvalue weighted by Crippen LogP contribution is 2.33. The Bertz CT molecular complexity index is 183. The van der Waals surface area contributed by atoms with Crippen LogP contribution in [-0.2, 0) is 4.74 Å². The highest BCUT2D eigenvalue weighted by Gasteiger charge is 2.31. The van der Waals surface area contributed by atoms with E-state index in [0.29, 0.717) is 12.1 Å². The Kier molecular flexibility index (Phi) is 6.32. The van der Waals surface area contributed by atoms with Crippen molar-refractivity contribution in [2.75, 3.05) is 33.9 Å². The largest absolute Gasteiger partial charge is 0.383 e. The van der Waals surface area contributed by atoms with Gasteiger partial charge in [-0.1, -0.05) is 6.92 Å². The molecular weight excluding hydrogens is 200 g/mol. The molecule has 0 heterocycles. The predicted molar refractivity (Wildman–Crippen MR) is 68.8 cm³/mol. The molecule has 3 nitrogen and oxygen atoms in total. The standard InChI is InChI=1S/C13H28N2O/c1-5-8-14-13(12-6-7-12)9-15(3)11(2)10-16-4/h11-14H,5-10H2,1-4H3. The molecule has 2 atom stereocenters. The van der Waals surface area contributed by atoms with Crippen molar-refractivity contribution in [3.05, 3.63) is 0 Å². The van der Waals surface area contributed by atoms with Crippen molar-refractivity contribution in [1.29, 1.82) is 0 Å². The van der Waals surface area contributed by atoms with Gasteiger partial charge in [0.15, 0.2) is 0 Å². The maximum absolute atomic E-state index is 5.20. The summed E-state index contributed by atoms with van der Waals surface area (Å²) in [4.78, 5) is 2.41. The molecule has 96 valence electrons. The van der Waals surface area contributed by atoms with Gasteiger partial charge in [-0.25, -0.2) is 0 Å². The second-order valence-electron chi connectivity index (χ2n) is 5.14. The van der Waals surface area contributed by atoms with Crippen molar-refractivity contribution in [2.45, 2.75) is 45.2 Å². The van der Waals surface area contributed by atoms with E-state index in [-0.39, 0.29) is 0 Å². The molecule has 1 aliphatic rings. The number of hydrogen-bond acceptors (Lipinski definition) is 3. The van der Waals surface area contributed by atoms with Crippen molar-refractivity contribution in [2.24, 2.45) is 5.92 Å². The Morgan fingerprint density at radius 2 is 2.12 bits per heavy atom. The molecule has 3 heteroatoms. The van der Waals surface area contributed by atoms with E-state index in [1.165, 1.54) is 19.3 Å². The first-order valence-corrected chi connectivity index (χ1v) is 6.61. The minimum absolute atomic E-state index is 0.509.